The molecule has 1 N–H and O–H groups in total. The fourth-order valence-corrected chi connectivity index (χ4v) is 1.26. The molecule has 0 saturated heterocycles. The average Bonchev–Trinajstić information content (AvgIpc) is 2.61. The molecule has 1 rings (SSSR count). The third kappa shape index (κ3) is 2.77. The summed E-state index contributed by atoms with van der Waals surface area (Å²) in [6.07, 6.45) is 1.40. The number of nitrogens with one attached hydrogen (secondary N) is 1. The first-order valence-corrected chi connectivity index (χ1v) is 4.64. The Hall–Kier alpha value is -0.970. The van der Waals surface area contributed by atoms with E-state index in [0.29, 0.717) is 6.42 Å². The van der Waals surface area contributed by atoms with E-state index in [1.807, 2.05) is 6.92 Å². The van der Waals surface area contributed by atoms with E-state index < -0.39 is 12.5 Å². The van der Waals surface area contributed by atoms with Gasteiger partial charge in [0.25, 0.3) is 6.43 Å². The minimum atomic E-state index is -2.34. The highest BCUT2D eigenvalue weighted by atomic mass is 19.3. The maximum atomic E-state index is 12.4. The number of aromatic nitrogens is 2. The molecule has 0 amide bonds. The second-order valence-electron chi connectivity index (χ2n) is 3.14. The molecule has 1 aromatic heterocycles. The first kappa shape index (κ1) is 11.1. The van der Waals surface area contributed by atoms with Gasteiger partial charge < -0.3 is 5.32 Å². The molecule has 1 heterocycles. The van der Waals surface area contributed by atoms with E-state index in [0.717, 1.165) is 12.1 Å². The molecule has 14 heavy (non-hydrogen) atoms. The summed E-state index contributed by atoms with van der Waals surface area (Å²) in [5.41, 5.74) is 0.839. The van der Waals surface area contributed by atoms with Crippen LogP contribution >= 0.6 is 0 Å². The highest BCUT2D eigenvalue weighted by molar-refractivity contribution is 5.06. The van der Waals surface area contributed by atoms with Crippen molar-refractivity contribution in [3.63, 3.8) is 0 Å². The molecule has 80 valence electrons. The van der Waals surface area contributed by atoms with Gasteiger partial charge in [-0.1, -0.05) is 0 Å². The first-order valence-electron chi connectivity index (χ1n) is 4.64. The van der Waals surface area contributed by atoms with Gasteiger partial charge in [-0.2, -0.15) is 5.10 Å². The van der Waals surface area contributed by atoms with Crippen molar-refractivity contribution in [2.45, 2.75) is 32.4 Å². The predicted octanol–water partition coefficient (Wildman–Crippen LogP) is 1.30. The van der Waals surface area contributed by atoms with Crippen LogP contribution in [0.4, 0.5) is 8.78 Å². The number of rotatable bonds is 5. The fourth-order valence-electron chi connectivity index (χ4n) is 1.26. The van der Waals surface area contributed by atoms with Gasteiger partial charge in [0.15, 0.2) is 0 Å². The van der Waals surface area contributed by atoms with Crippen molar-refractivity contribution in [1.82, 2.24) is 15.1 Å². The van der Waals surface area contributed by atoms with Crippen molar-refractivity contribution in [2.75, 3.05) is 7.05 Å². The van der Waals surface area contributed by atoms with Crippen LogP contribution in [0.15, 0.2) is 12.4 Å². The molecule has 0 bridgehead atoms. The molecule has 3 nitrogen and oxygen atoms in total. The minimum absolute atomic E-state index is 0.314. The summed E-state index contributed by atoms with van der Waals surface area (Å²) in [4.78, 5) is 0. The zero-order valence-electron chi connectivity index (χ0n) is 8.37. The topological polar surface area (TPSA) is 29.9 Å². The molecular weight excluding hydrogens is 188 g/mol. The van der Waals surface area contributed by atoms with Crippen molar-refractivity contribution in [3.8, 4) is 0 Å². The van der Waals surface area contributed by atoms with Crippen molar-refractivity contribution in [1.29, 1.82) is 0 Å². The van der Waals surface area contributed by atoms with Crippen LogP contribution in [0.3, 0.4) is 0 Å². The van der Waals surface area contributed by atoms with Gasteiger partial charge in [-0.25, -0.2) is 8.78 Å². The maximum Gasteiger partial charge on any atom is 0.254 e. The summed E-state index contributed by atoms with van der Waals surface area (Å²) in [7, 11) is 1.54. The molecule has 1 aromatic rings. The zero-order chi connectivity index (χ0) is 10.6. The molecule has 0 saturated carbocycles. The van der Waals surface area contributed by atoms with Crippen LogP contribution in [0, 0.1) is 0 Å². The standard InChI is InChI=1S/C9H15F2N3/c1-3-14-6-7(5-13-14)4-8(12-2)9(10)11/h5-6,8-9,12H,3-4H2,1-2H3. The Morgan fingerprint density at radius 2 is 2.29 bits per heavy atom. The molecule has 0 aromatic carbocycles. The second kappa shape index (κ2) is 5.05. The van der Waals surface area contributed by atoms with Gasteiger partial charge in [-0.3, -0.25) is 4.68 Å². The lowest BCUT2D eigenvalue weighted by Gasteiger charge is -2.13. The van der Waals surface area contributed by atoms with Crippen LogP contribution in [0.1, 0.15) is 12.5 Å². The Kier molecular flexibility index (Phi) is 4.00. The van der Waals surface area contributed by atoms with Crippen molar-refractivity contribution < 1.29 is 8.78 Å². The number of aryl methyl sites for hydroxylation is 1. The summed E-state index contributed by atoms with van der Waals surface area (Å²) in [6, 6.07) is -0.787. The van der Waals surface area contributed by atoms with Crippen molar-refractivity contribution in [3.05, 3.63) is 18.0 Å². The number of hydrogen-bond donors (Lipinski definition) is 1. The van der Waals surface area contributed by atoms with E-state index in [4.69, 9.17) is 0 Å². The van der Waals surface area contributed by atoms with Crippen molar-refractivity contribution in [2.24, 2.45) is 0 Å². The average molecular weight is 203 g/mol. The molecule has 1 unspecified atom stereocenters. The molecule has 0 fully saturated rings. The largest absolute Gasteiger partial charge is 0.312 e. The molecule has 0 radical (unpaired) electrons. The van der Waals surface area contributed by atoms with E-state index in [2.05, 4.69) is 10.4 Å². The summed E-state index contributed by atoms with van der Waals surface area (Å²) in [6.45, 7) is 2.72. The van der Waals surface area contributed by atoms with Gasteiger partial charge in [-0.05, 0) is 26.0 Å². The second-order valence-corrected chi connectivity index (χ2v) is 3.14. The Balaban J connectivity index is 2.57. The Morgan fingerprint density at radius 3 is 2.71 bits per heavy atom. The van der Waals surface area contributed by atoms with E-state index >= 15 is 0 Å². The summed E-state index contributed by atoms with van der Waals surface area (Å²) in [5.74, 6) is 0. The van der Waals surface area contributed by atoms with Crippen LogP contribution in [-0.4, -0.2) is 29.3 Å². The van der Waals surface area contributed by atoms with Crippen molar-refractivity contribution >= 4 is 0 Å². The van der Waals surface area contributed by atoms with Crippen LogP contribution in [0.5, 0.6) is 0 Å². The molecule has 5 heteroatoms. The minimum Gasteiger partial charge on any atom is -0.312 e. The predicted molar refractivity (Wildman–Crippen MR) is 50.5 cm³/mol. The lowest BCUT2D eigenvalue weighted by atomic mass is 10.1. The maximum absolute atomic E-state index is 12.4. The number of hydrogen-bond acceptors (Lipinski definition) is 2. The molecule has 0 spiro atoms. The number of nitrogens with zero attached hydrogens (tertiary/aromatic N) is 2. The lowest BCUT2D eigenvalue weighted by molar-refractivity contribution is 0.102. The summed E-state index contributed by atoms with van der Waals surface area (Å²) < 4.78 is 26.5. The van der Waals surface area contributed by atoms with Gasteiger partial charge in [0, 0.05) is 12.7 Å². The van der Waals surface area contributed by atoms with E-state index in [-0.39, 0.29) is 0 Å². The quantitative estimate of drug-likeness (QED) is 0.781. The summed E-state index contributed by atoms with van der Waals surface area (Å²) in [5, 5.41) is 6.62. The van der Waals surface area contributed by atoms with Gasteiger partial charge in [0.1, 0.15) is 0 Å². The Bertz CT molecular complexity index is 273. The molecular formula is C9H15F2N3. The zero-order valence-corrected chi connectivity index (χ0v) is 8.37. The van der Waals surface area contributed by atoms with E-state index in [1.165, 1.54) is 0 Å². The van der Waals surface area contributed by atoms with Crippen LogP contribution < -0.4 is 5.32 Å². The monoisotopic (exact) mass is 203 g/mol. The van der Waals surface area contributed by atoms with Crippen LogP contribution in [0.2, 0.25) is 0 Å². The summed E-state index contributed by atoms with van der Waals surface area (Å²) >= 11 is 0. The number of halogens is 2. The molecule has 1 atom stereocenters. The highest BCUT2D eigenvalue weighted by Gasteiger charge is 2.18. The first-order chi connectivity index (χ1) is 6.67. The highest BCUT2D eigenvalue weighted by Crippen LogP contribution is 2.08. The Morgan fingerprint density at radius 1 is 1.57 bits per heavy atom. The van der Waals surface area contributed by atoms with Gasteiger partial charge in [0.2, 0.25) is 0 Å². The fraction of sp³-hybridized carbons (Fsp3) is 0.667. The normalized spacial score (nSPS) is 13.5. The van der Waals surface area contributed by atoms with Gasteiger partial charge in [-0.15, -0.1) is 0 Å². The van der Waals surface area contributed by atoms with E-state index in [9.17, 15) is 8.78 Å². The van der Waals surface area contributed by atoms with Crippen LogP contribution in [-0.2, 0) is 13.0 Å². The molecule has 0 aliphatic rings. The SMILES string of the molecule is CCn1cc(CC(NC)C(F)F)cn1. The molecule has 0 aliphatic heterocycles. The number of alkyl halides is 2. The third-order valence-electron chi connectivity index (χ3n) is 2.14. The van der Waals surface area contributed by atoms with Crippen LogP contribution in [0.25, 0.3) is 0 Å². The van der Waals surface area contributed by atoms with E-state index in [1.54, 1.807) is 24.1 Å². The van der Waals surface area contributed by atoms with Gasteiger partial charge >= 0.3 is 0 Å². The third-order valence-corrected chi connectivity index (χ3v) is 2.14. The van der Waals surface area contributed by atoms with Gasteiger partial charge in [0.05, 0.1) is 12.2 Å². The number of likely N-dealkylation sites (N-methyl/N-ethyl adjacent to an activating group) is 1. The smallest absolute Gasteiger partial charge is 0.254 e. The lowest BCUT2D eigenvalue weighted by Crippen LogP contribution is -2.34. The molecule has 0 aliphatic carbocycles. The Labute approximate surface area is 82.1 Å².